The quantitative estimate of drug-likeness (QED) is 0.578. The first-order valence-electron chi connectivity index (χ1n) is 5.62. The van der Waals surface area contributed by atoms with E-state index >= 15 is 0 Å². The fourth-order valence-corrected chi connectivity index (χ4v) is 4.25. The minimum atomic E-state index is 0.666. The molecule has 0 atom stereocenters. The lowest BCUT2D eigenvalue weighted by Gasteiger charge is -1.96. The summed E-state index contributed by atoms with van der Waals surface area (Å²) in [7, 11) is 0. The first kappa shape index (κ1) is 11.9. The zero-order valence-electron chi connectivity index (χ0n) is 9.87. The smallest absolute Gasteiger partial charge is 0.223 e. The van der Waals surface area contributed by atoms with Crippen LogP contribution in [0, 0.1) is 0 Å². The number of rotatable bonds is 3. The number of aromatic nitrogens is 6. The van der Waals surface area contributed by atoms with Crippen LogP contribution in [0.25, 0.3) is 15.3 Å². The molecule has 0 N–H and O–H groups in total. The maximum atomic E-state index is 4.57. The van der Waals surface area contributed by atoms with E-state index in [-0.39, 0.29) is 0 Å². The van der Waals surface area contributed by atoms with E-state index in [0.29, 0.717) is 5.16 Å². The third-order valence-electron chi connectivity index (χ3n) is 2.49. The number of para-hydroxylation sites is 1. The maximum Gasteiger partial charge on any atom is 0.223 e. The van der Waals surface area contributed by atoms with Gasteiger partial charge in [-0.3, -0.25) is 0 Å². The Bertz CT molecular complexity index is 817. The van der Waals surface area contributed by atoms with Gasteiger partial charge in [-0.25, -0.2) is 9.97 Å². The molecule has 0 spiro atoms. The van der Waals surface area contributed by atoms with Crippen molar-refractivity contribution in [2.24, 2.45) is 0 Å². The average molecular weight is 318 g/mol. The van der Waals surface area contributed by atoms with Crippen LogP contribution in [-0.4, -0.2) is 30.2 Å². The second-order valence-electron chi connectivity index (χ2n) is 3.74. The highest BCUT2D eigenvalue weighted by molar-refractivity contribution is 8.01. The van der Waals surface area contributed by atoms with Gasteiger partial charge in [0.25, 0.3) is 0 Å². The molecule has 0 fully saturated rings. The largest absolute Gasteiger partial charge is 0.229 e. The lowest BCUT2D eigenvalue weighted by Crippen LogP contribution is -1.97. The lowest BCUT2D eigenvalue weighted by molar-refractivity contribution is 0.750. The van der Waals surface area contributed by atoms with Crippen molar-refractivity contribution in [3.05, 3.63) is 35.8 Å². The summed E-state index contributed by atoms with van der Waals surface area (Å²) in [5.41, 5.74) is 0.994. The minimum absolute atomic E-state index is 0.666. The Hall–Kier alpha value is -1.84. The molecule has 9 heteroatoms. The second kappa shape index (κ2) is 4.93. The molecule has 0 bridgehead atoms. The van der Waals surface area contributed by atoms with Crippen molar-refractivity contribution in [1.82, 2.24) is 30.2 Å². The van der Waals surface area contributed by atoms with Crippen LogP contribution < -0.4 is 0 Å². The van der Waals surface area contributed by atoms with Gasteiger partial charge < -0.3 is 0 Å². The molecule has 0 aliphatic rings. The Morgan fingerprint density at radius 1 is 1.20 bits per heavy atom. The maximum absolute atomic E-state index is 4.57. The predicted octanol–water partition coefficient (Wildman–Crippen LogP) is 2.88. The van der Waals surface area contributed by atoms with Crippen LogP contribution in [0.15, 0.2) is 45.3 Å². The van der Waals surface area contributed by atoms with Crippen molar-refractivity contribution < 1.29 is 0 Å². The summed E-state index contributed by atoms with van der Waals surface area (Å²) in [6, 6.07) is 8.05. The summed E-state index contributed by atoms with van der Waals surface area (Å²) in [6.07, 6.45) is 1.73. The van der Waals surface area contributed by atoms with Crippen LogP contribution in [0.5, 0.6) is 0 Å². The number of thiazole rings is 2. The molecule has 6 nitrogen and oxygen atoms in total. The standard InChI is InChI=1S/C11H6N6S3/c1-2-4-8-7(3-1)13-11(19-8)20-10-14-15-16-17(10)9-12-5-6-18-9/h1-6H. The fraction of sp³-hybridized carbons (Fsp3) is 0. The Balaban J connectivity index is 1.71. The van der Waals surface area contributed by atoms with Crippen LogP contribution in [0.1, 0.15) is 0 Å². The molecule has 1 aromatic carbocycles. The molecule has 0 aliphatic carbocycles. The first-order chi connectivity index (χ1) is 9.90. The van der Waals surface area contributed by atoms with Crippen LogP contribution in [0.4, 0.5) is 0 Å². The van der Waals surface area contributed by atoms with Crippen LogP contribution in [-0.2, 0) is 0 Å². The SMILES string of the molecule is c1ccc2sc(Sc3nnnn3-c3nccs3)nc2c1. The van der Waals surface area contributed by atoms with E-state index in [1.807, 2.05) is 23.6 Å². The van der Waals surface area contributed by atoms with Gasteiger partial charge in [0.2, 0.25) is 10.3 Å². The van der Waals surface area contributed by atoms with Crippen molar-refractivity contribution in [3.8, 4) is 5.13 Å². The van der Waals surface area contributed by atoms with E-state index in [2.05, 4.69) is 31.6 Å². The van der Waals surface area contributed by atoms with Crippen LogP contribution in [0.3, 0.4) is 0 Å². The molecular weight excluding hydrogens is 312 g/mol. The molecule has 3 aromatic heterocycles. The van der Waals surface area contributed by atoms with Gasteiger partial charge in [0.15, 0.2) is 4.34 Å². The van der Waals surface area contributed by atoms with Crippen molar-refractivity contribution in [3.63, 3.8) is 0 Å². The van der Waals surface area contributed by atoms with Gasteiger partial charge in [-0.1, -0.05) is 12.1 Å². The first-order valence-corrected chi connectivity index (χ1v) is 8.13. The molecule has 0 aliphatic heterocycles. The summed E-state index contributed by atoms with van der Waals surface area (Å²) >= 11 is 4.56. The Labute approximate surface area is 125 Å². The van der Waals surface area contributed by atoms with Gasteiger partial charge in [0, 0.05) is 11.6 Å². The number of fused-ring (bicyclic) bond motifs is 1. The van der Waals surface area contributed by atoms with Crippen LogP contribution in [0.2, 0.25) is 0 Å². The van der Waals surface area contributed by atoms with E-state index in [0.717, 1.165) is 19.7 Å². The van der Waals surface area contributed by atoms with Crippen molar-refractivity contribution in [2.45, 2.75) is 9.50 Å². The average Bonchev–Trinajstić information content (AvgIpc) is 3.18. The van der Waals surface area contributed by atoms with E-state index in [1.165, 1.54) is 23.1 Å². The Morgan fingerprint density at radius 2 is 2.15 bits per heavy atom. The van der Waals surface area contributed by atoms with E-state index in [9.17, 15) is 0 Å². The normalized spacial score (nSPS) is 11.2. The van der Waals surface area contributed by atoms with Gasteiger partial charge in [-0.05, 0) is 34.3 Å². The van der Waals surface area contributed by atoms with Crippen LogP contribution >= 0.6 is 34.4 Å². The fourth-order valence-electron chi connectivity index (χ4n) is 1.66. The number of benzene rings is 1. The number of nitrogens with zero attached hydrogens (tertiary/aromatic N) is 6. The minimum Gasteiger partial charge on any atom is -0.229 e. The molecule has 0 amide bonds. The predicted molar refractivity (Wildman–Crippen MR) is 78.6 cm³/mol. The molecule has 0 saturated heterocycles. The molecule has 0 saturated carbocycles. The number of tetrazole rings is 1. The van der Waals surface area contributed by atoms with Gasteiger partial charge in [-0.2, -0.15) is 4.68 Å². The molecule has 4 aromatic rings. The molecule has 20 heavy (non-hydrogen) atoms. The molecule has 0 radical (unpaired) electrons. The number of hydrogen-bond donors (Lipinski definition) is 0. The highest BCUT2D eigenvalue weighted by Crippen LogP contribution is 2.33. The van der Waals surface area contributed by atoms with E-state index in [1.54, 1.807) is 22.2 Å². The van der Waals surface area contributed by atoms with Crippen molar-refractivity contribution in [1.29, 1.82) is 0 Å². The molecule has 98 valence electrons. The van der Waals surface area contributed by atoms with Gasteiger partial charge in [-0.15, -0.1) is 27.8 Å². The van der Waals surface area contributed by atoms with E-state index < -0.39 is 0 Å². The summed E-state index contributed by atoms with van der Waals surface area (Å²) in [5, 5.41) is 15.0. The Morgan fingerprint density at radius 3 is 3.00 bits per heavy atom. The monoisotopic (exact) mass is 318 g/mol. The van der Waals surface area contributed by atoms with Crippen molar-refractivity contribution in [2.75, 3.05) is 0 Å². The summed E-state index contributed by atoms with van der Waals surface area (Å²) in [4.78, 5) is 8.78. The zero-order valence-corrected chi connectivity index (χ0v) is 12.3. The summed E-state index contributed by atoms with van der Waals surface area (Å²) in [5.74, 6) is 0. The van der Waals surface area contributed by atoms with Gasteiger partial charge in [0.1, 0.15) is 0 Å². The van der Waals surface area contributed by atoms with Gasteiger partial charge in [0.05, 0.1) is 10.2 Å². The third-order valence-corrected chi connectivity index (χ3v) is 5.28. The summed E-state index contributed by atoms with van der Waals surface area (Å²) < 4.78 is 3.70. The molecule has 0 unspecified atom stereocenters. The number of hydrogen-bond acceptors (Lipinski definition) is 8. The highest BCUT2D eigenvalue weighted by atomic mass is 32.2. The lowest BCUT2D eigenvalue weighted by atomic mass is 10.3. The molecular formula is C11H6N6S3. The van der Waals surface area contributed by atoms with Gasteiger partial charge >= 0.3 is 0 Å². The second-order valence-corrected chi connectivity index (χ2v) is 6.86. The van der Waals surface area contributed by atoms with Crippen molar-refractivity contribution >= 4 is 44.7 Å². The third kappa shape index (κ3) is 2.09. The highest BCUT2D eigenvalue weighted by Gasteiger charge is 2.14. The Kier molecular flexibility index (Phi) is 2.94. The summed E-state index contributed by atoms with van der Waals surface area (Å²) in [6.45, 7) is 0. The topological polar surface area (TPSA) is 69.4 Å². The molecule has 3 heterocycles. The molecule has 4 rings (SSSR count). The zero-order chi connectivity index (χ0) is 13.4. The van der Waals surface area contributed by atoms with E-state index in [4.69, 9.17) is 0 Å².